The van der Waals surface area contributed by atoms with Crippen molar-refractivity contribution < 1.29 is 9.53 Å². The Morgan fingerprint density at radius 1 is 1.30 bits per heavy atom. The smallest absolute Gasteiger partial charge is 0.270 e. The fraction of sp³-hybridized carbons (Fsp3) is 0.524. The molecule has 7 nitrogen and oxygen atoms in total. The third-order valence-corrected chi connectivity index (χ3v) is 6.74. The van der Waals surface area contributed by atoms with Crippen LogP contribution in [0.4, 0.5) is 5.82 Å². The first-order chi connectivity index (χ1) is 14.3. The standard InChI is InChI=1S/C21H26N4O3S2/c1-13(2)5-6-25-20(27)17(30-21(25)29)11-15-14(3)16(12-22)19(26)23(4)18(15)24-7-9-28-10-8-24/h11,13H,5-10H2,1-4H3/b17-11+. The average molecular weight is 447 g/mol. The van der Waals surface area contributed by atoms with Crippen LogP contribution in [0.25, 0.3) is 6.08 Å². The molecule has 0 radical (unpaired) electrons. The molecular weight excluding hydrogens is 420 g/mol. The number of carbonyl (C=O) groups is 1. The zero-order chi connectivity index (χ0) is 22.0. The van der Waals surface area contributed by atoms with E-state index in [4.69, 9.17) is 17.0 Å². The summed E-state index contributed by atoms with van der Waals surface area (Å²) in [7, 11) is 1.67. The van der Waals surface area contributed by atoms with Crippen LogP contribution in [-0.4, -0.2) is 52.5 Å². The first-order valence-corrected chi connectivity index (χ1v) is 11.2. The summed E-state index contributed by atoms with van der Waals surface area (Å²) < 4.78 is 7.50. The number of ether oxygens (including phenoxy) is 1. The van der Waals surface area contributed by atoms with E-state index in [1.165, 1.54) is 16.3 Å². The molecule has 0 aromatic carbocycles. The van der Waals surface area contributed by atoms with Crippen LogP contribution in [0.15, 0.2) is 9.70 Å². The predicted molar refractivity (Wildman–Crippen MR) is 124 cm³/mol. The number of hydrogen-bond acceptors (Lipinski definition) is 7. The molecule has 0 spiro atoms. The Kier molecular flexibility index (Phi) is 7.01. The maximum atomic E-state index is 13.0. The van der Waals surface area contributed by atoms with Gasteiger partial charge in [-0.25, -0.2) is 0 Å². The summed E-state index contributed by atoms with van der Waals surface area (Å²) in [5.74, 6) is 1.05. The number of carbonyl (C=O) groups excluding carboxylic acids is 1. The first-order valence-electron chi connectivity index (χ1n) is 9.98. The van der Waals surface area contributed by atoms with Crippen molar-refractivity contribution in [3.63, 3.8) is 0 Å². The van der Waals surface area contributed by atoms with Gasteiger partial charge >= 0.3 is 0 Å². The second-order valence-electron chi connectivity index (χ2n) is 7.83. The fourth-order valence-electron chi connectivity index (χ4n) is 3.58. The number of thioether (sulfide) groups is 1. The van der Waals surface area contributed by atoms with Crippen LogP contribution in [0, 0.1) is 24.2 Å². The second-order valence-corrected chi connectivity index (χ2v) is 9.50. The van der Waals surface area contributed by atoms with Gasteiger partial charge in [0, 0.05) is 32.2 Å². The lowest BCUT2D eigenvalue weighted by atomic mass is 10.0. The van der Waals surface area contributed by atoms with Crippen LogP contribution in [0.3, 0.4) is 0 Å². The monoisotopic (exact) mass is 446 g/mol. The van der Waals surface area contributed by atoms with E-state index in [1.807, 2.05) is 6.07 Å². The number of anilines is 1. The van der Waals surface area contributed by atoms with E-state index in [1.54, 1.807) is 24.9 Å². The summed E-state index contributed by atoms with van der Waals surface area (Å²) in [6, 6.07) is 2.03. The summed E-state index contributed by atoms with van der Waals surface area (Å²) in [5, 5.41) is 9.55. The van der Waals surface area contributed by atoms with Crippen molar-refractivity contribution in [2.45, 2.75) is 27.2 Å². The Hall–Kier alpha value is -2.15. The Morgan fingerprint density at radius 2 is 1.97 bits per heavy atom. The fourth-order valence-corrected chi connectivity index (χ4v) is 4.87. The van der Waals surface area contributed by atoms with Crippen molar-refractivity contribution in [2.75, 3.05) is 37.7 Å². The maximum absolute atomic E-state index is 13.0. The number of rotatable bonds is 5. The van der Waals surface area contributed by atoms with E-state index in [2.05, 4.69) is 18.7 Å². The van der Waals surface area contributed by atoms with E-state index in [0.29, 0.717) is 64.9 Å². The third-order valence-electron chi connectivity index (χ3n) is 5.36. The van der Waals surface area contributed by atoms with Gasteiger partial charge in [-0.2, -0.15) is 5.26 Å². The van der Waals surface area contributed by atoms with Crippen LogP contribution in [0.2, 0.25) is 0 Å². The van der Waals surface area contributed by atoms with Gasteiger partial charge in [-0.05, 0) is 30.9 Å². The van der Waals surface area contributed by atoms with Gasteiger partial charge in [0.1, 0.15) is 21.8 Å². The topological polar surface area (TPSA) is 78.6 Å². The number of nitrogens with zero attached hydrogens (tertiary/aromatic N) is 4. The van der Waals surface area contributed by atoms with Crippen molar-refractivity contribution in [2.24, 2.45) is 13.0 Å². The normalized spacial score (nSPS) is 18.6. The van der Waals surface area contributed by atoms with E-state index in [-0.39, 0.29) is 17.0 Å². The Bertz CT molecular complexity index is 1000. The van der Waals surface area contributed by atoms with Crippen molar-refractivity contribution in [1.82, 2.24) is 9.47 Å². The molecule has 30 heavy (non-hydrogen) atoms. The predicted octanol–water partition coefficient (Wildman–Crippen LogP) is 2.65. The van der Waals surface area contributed by atoms with Gasteiger partial charge in [0.15, 0.2) is 0 Å². The molecule has 0 atom stereocenters. The van der Waals surface area contributed by atoms with E-state index < -0.39 is 0 Å². The lowest BCUT2D eigenvalue weighted by molar-refractivity contribution is -0.122. The van der Waals surface area contributed by atoms with Crippen molar-refractivity contribution in [3.8, 4) is 6.07 Å². The molecule has 1 aromatic rings. The van der Waals surface area contributed by atoms with Crippen LogP contribution >= 0.6 is 24.0 Å². The number of pyridine rings is 1. The largest absolute Gasteiger partial charge is 0.378 e. The van der Waals surface area contributed by atoms with Gasteiger partial charge in [-0.1, -0.05) is 37.8 Å². The molecule has 2 aliphatic heterocycles. The van der Waals surface area contributed by atoms with E-state index in [0.717, 1.165) is 6.42 Å². The molecule has 1 aromatic heterocycles. The lowest BCUT2D eigenvalue weighted by Gasteiger charge is -2.32. The van der Waals surface area contributed by atoms with Gasteiger partial charge in [0.25, 0.3) is 11.5 Å². The number of morpholine rings is 1. The number of thiocarbonyl (C=S) groups is 1. The summed E-state index contributed by atoms with van der Waals surface area (Å²) in [4.78, 5) is 30.0. The minimum absolute atomic E-state index is 0.0936. The van der Waals surface area contributed by atoms with Gasteiger partial charge in [0.05, 0.1) is 18.1 Å². The molecule has 3 rings (SSSR count). The minimum Gasteiger partial charge on any atom is -0.378 e. The second kappa shape index (κ2) is 9.33. The van der Waals surface area contributed by atoms with Crippen LogP contribution in [-0.2, 0) is 16.6 Å². The van der Waals surface area contributed by atoms with Gasteiger partial charge in [0.2, 0.25) is 0 Å². The maximum Gasteiger partial charge on any atom is 0.270 e. The molecule has 2 aliphatic rings. The summed E-state index contributed by atoms with van der Waals surface area (Å²) >= 11 is 6.71. The highest BCUT2D eigenvalue weighted by atomic mass is 32.2. The minimum atomic E-state index is -0.335. The van der Waals surface area contributed by atoms with Crippen LogP contribution in [0.1, 0.15) is 37.0 Å². The van der Waals surface area contributed by atoms with Crippen molar-refractivity contribution in [3.05, 3.63) is 31.9 Å². The Balaban J connectivity index is 2.10. The molecule has 0 unspecified atom stereocenters. The van der Waals surface area contributed by atoms with Crippen molar-refractivity contribution in [1.29, 1.82) is 5.26 Å². The van der Waals surface area contributed by atoms with E-state index >= 15 is 0 Å². The van der Waals surface area contributed by atoms with Gasteiger partial charge in [-0.15, -0.1) is 0 Å². The molecule has 0 N–H and O–H groups in total. The Labute approximate surface area is 186 Å². The molecule has 3 heterocycles. The highest BCUT2D eigenvalue weighted by Gasteiger charge is 2.33. The van der Waals surface area contributed by atoms with Crippen LogP contribution in [0.5, 0.6) is 0 Å². The highest BCUT2D eigenvalue weighted by Crippen LogP contribution is 2.36. The third kappa shape index (κ3) is 4.31. The zero-order valence-corrected chi connectivity index (χ0v) is 19.4. The zero-order valence-electron chi connectivity index (χ0n) is 17.7. The van der Waals surface area contributed by atoms with Crippen LogP contribution < -0.4 is 10.5 Å². The molecule has 9 heteroatoms. The first kappa shape index (κ1) is 22.5. The molecule has 0 bridgehead atoms. The number of hydrogen-bond donors (Lipinski definition) is 0. The summed E-state index contributed by atoms with van der Waals surface area (Å²) in [6.45, 7) is 8.96. The number of nitriles is 1. The molecule has 0 aliphatic carbocycles. The molecule has 0 saturated carbocycles. The molecule has 1 amide bonds. The Morgan fingerprint density at radius 3 is 2.57 bits per heavy atom. The van der Waals surface area contributed by atoms with Crippen molar-refractivity contribution >= 4 is 46.1 Å². The molecule has 2 saturated heterocycles. The van der Waals surface area contributed by atoms with Gasteiger partial charge < -0.3 is 9.64 Å². The lowest BCUT2D eigenvalue weighted by Crippen LogP contribution is -2.40. The summed E-state index contributed by atoms with van der Waals surface area (Å²) in [5.41, 5.74) is 1.05. The molecule has 2 fully saturated rings. The van der Waals surface area contributed by atoms with Gasteiger partial charge in [-0.3, -0.25) is 19.1 Å². The summed E-state index contributed by atoms with van der Waals surface area (Å²) in [6.07, 6.45) is 2.66. The highest BCUT2D eigenvalue weighted by molar-refractivity contribution is 8.26. The SMILES string of the molecule is Cc1c(/C=C2/SC(=S)N(CCC(C)C)C2=O)c(N2CCOCC2)n(C)c(=O)c1C#N. The molecule has 160 valence electrons. The number of amides is 1. The van der Waals surface area contributed by atoms with E-state index in [9.17, 15) is 14.9 Å². The average Bonchev–Trinajstić information content (AvgIpc) is 2.98. The number of aromatic nitrogens is 1. The quantitative estimate of drug-likeness (QED) is 0.508. The molecular formula is C21H26N4O3S2.